The summed E-state index contributed by atoms with van der Waals surface area (Å²) in [5.74, 6) is 0.194. The lowest BCUT2D eigenvalue weighted by atomic mass is 10.0. The summed E-state index contributed by atoms with van der Waals surface area (Å²) in [4.78, 5) is 12.6. The molecule has 0 aliphatic carbocycles. The number of benzene rings is 1. The van der Waals surface area contributed by atoms with Crippen molar-refractivity contribution in [2.75, 3.05) is 26.0 Å². The van der Waals surface area contributed by atoms with Crippen molar-refractivity contribution in [1.82, 2.24) is 4.31 Å². The lowest BCUT2D eigenvalue weighted by molar-refractivity contribution is -0.118. The Morgan fingerprint density at radius 2 is 2.09 bits per heavy atom. The number of hydrogen-bond donors (Lipinski definition) is 1. The fraction of sp³-hybridized carbons (Fsp3) is 0.533. The Balaban J connectivity index is 2.28. The van der Waals surface area contributed by atoms with Crippen LogP contribution in [0.5, 0.6) is 5.75 Å². The molecule has 2 rings (SSSR count). The Hall–Kier alpha value is -1.60. The summed E-state index contributed by atoms with van der Waals surface area (Å²) < 4.78 is 29.9. The van der Waals surface area contributed by atoms with E-state index >= 15 is 0 Å². The Labute approximate surface area is 131 Å². The molecule has 1 aliphatic rings. The van der Waals surface area contributed by atoms with Crippen LogP contribution < -0.4 is 10.1 Å². The van der Waals surface area contributed by atoms with Gasteiger partial charge in [0.15, 0.2) is 4.75 Å². The molecule has 0 aromatic heterocycles. The summed E-state index contributed by atoms with van der Waals surface area (Å²) in [5.41, 5.74) is 1.41. The standard InChI is InChI=1S/C15H22N2O4S/c1-11-10-12(21-4)6-7-13(11)16-14(18)15(2)8-5-9-17(3)22(15,19)20/h6-7,10H,5,8-9H2,1-4H3,(H,16,18). The van der Waals surface area contributed by atoms with Crippen molar-refractivity contribution >= 4 is 21.6 Å². The summed E-state index contributed by atoms with van der Waals surface area (Å²) in [5, 5.41) is 2.75. The molecule has 1 fully saturated rings. The van der Waals surface area contributed by atoms with Gasteiger partial charge in [-0.15, -0.1) is 0 Å². The van der Waals surface area contributed by atoms with Gasteiger partial charge in [-0.2, -0.15) is 0 Å². The van der Waals surface area contributed by atoms with Gasteiger partial charge in [-0.3, -0.25) is 4.79 Å². The van der Waals surface area contributed by atoms with Crippen LogP contribution in [0.15, 0.2) is 18.2 Å². The summed E-state index contributed by atoms with van der Waals surface area (Å²) in [7, 11) is -0.570. The summed E-state index contributed by atoms with van der Waals surface area (Å²) >= 11 is 0. The highest BCUT2D eigenvalue weighted by Gasteiger charge is 2.50. The first kappa shape index (κ1) is 16.8. The first-order chi connectivity index (χ1) is 10.2. The maximum Gasteiger partial charge on any atom is 0.246 e. The number of aryl methyl sites for hydroxylation is 1. The van der Waals surface area contributed by atoms with Gasteiger partial charge in [-0.05, 0) is 50.5 Å². The molecule has 0 saturated carbocycles. The van der Waals surface area contributed by atoms with Crippen molar-refractivity contribution in [2.45, 2.75) is 31.4 Å². The van der Waals surface area contributed by atoms with E-state index in [-0.39, 0.29) is 0 Å². The lowest BCUT2D eigenvalue weighted by Crippen LogP contribution is -2.56. The highest BCUT2D eigenvalue weighted by molar-refractivity contribution is 7.91. The predicted molar refractivity (Wildman–Crippen MR) is 85.5 cm³/mol. The topological polar surface area (TPSA) is 75.7 Å². The average molecular weight is 326 g/mol. The highest BCUT2D eigenvalue weighted by Crippen LogP contribution is 2.32. The van der Waals surface area contributed by atoms with Crippen molar-refractivity contribution in [3.05, 3.63) is 23.8 Å². The maximum atomic E-state index is 12.6. The number of carbonyl (C=O) groups is 1. The minimum atomic E-state index is -3.65. The monoisotopic (exact) mass is 326 g/mol. The lowest BCUT2D eigenvalue weighted by Gasteiger charge is -2.36. The molecule has 1 N–H and O–H groups in total. The number of sulfonamides is 1. The third-order valence-electron chi connectivity index (χ3n) is 4.27. The van der Waals surface area contributed by atoms with E-state index in [9.17, 15) is 13.2 Å². The van der Waals surface area contributed by atoms with Gasteiger partial charge in [0.05, 0.1) is 7.11 Å². The van der Waals surface area contributed by atoms with Crippen LogP contribution in [0.4, 0.5) is 5.69 Å². The Bertz CT molecular complexity index is 687. The molecule has 7 heteroatoms. The number of anilines is 1. The first-order valence-electron chi connectivity index (χ1n) is 7.14. The Morgan fingerprint density at radius 1 is 1.41 bits per heavy atom. The van der Waals surface area contributed by atoms with Gasteiger partial charge in [0.1, 0.15) is 5.75 Å². The molecule has 6 nitrogen and oxygen atoms in total. The number of rotatable bonds is 3. The molecule has 122 valence electrons. The summed E-state index contributed by atoms with van der Waals surface area (Å²) in [6.45, 7) is 3.78. The van der Waals surface area contributed by atoms with Gasteiger partial charge in [0.2, 0.25) is 15.9 Å². The van der Waals surface area contributed by atoms with Crippen LogP contribution in [0.25, 0.3) is 0 Å². The van der Waals surface area contributed by atoms with E-state index in [4.69, 9.17) is 4.74 Å². The quantitative estimate of drug-likeness (QED) is 0.918. The number of nitrogens with one attached hydrogen (secondary N) is 1. The molecule has 1 heterocycles. The molecule has 1 aromatic carbocycles. The van der Waals surface area contributed by atoms with E-state index < -0.39 is 20.7 Å². The number of amides is 1. The first-order valence-corrected chi connectivity index (χ1v) is 8.58. The molecular weight excluding hydrogens is 304 g/mol. The van der Waals surface area contributed by atoms with Gasteiger partial charge >= 0.3 is 0 Å². The van der Waals surface area contributed by atoms with Crippen LogP contribution in [0.3, 0.4) is 0 Å². The minimum Gasteiger partial charge on any atom is -0.497 e. The highest BCUT2D eigenvalue weighted by atomic mass is 32.2. The van der Waals surface area contributed by atoms with Crippen LogP contribution in [0, 0.1) is 6.92 Å². The van der Waals surface area contributed by atoms with E-state index in [2.05, 4.69) is 5.32 Å². The molecule has 0 spiro atoms. The SMILES string of the molecule is COc1ccc(NC(=O)C2(C)CCCN(C)S2(=O)=O)c(C)c1. The maximum absolute atomic E-state index is 12.6. The minimum absolute atomic E-state index is 0.320. The molecule has 1 aromatic rings. The second kappa shape index (κ2) is 5.89. The van der Waals surface area contributed by atoms with Gasteiger partial charge in [0, 0.05) is 19.3 Å². The normalized spacial score (nSPS) is 24.7. The predicted octanol–water partition coefficient (Wildman–Crippen LogP) is 1.76. The molecule has 22 heavy (non-hydrogen) atoms. The molecule has 0 radical (unpaired) electrons. The van der Waals surface area contributed by atoms with E-state index in [1.807, 2.05) is 6.92 Å². The largest absolute Gasteiger partial charge is 0.497 e. The molecule has 1 unspecified atom stereocenters. The van der Waals surface area contributed by atoms with E-state index in [1.165, 1.54) is 18.3 Å². The van der Waals surface area contributed by atoms with Gasteiger partial charge in [-0.1, -0.05) is 0 Å². The third-order valence-corrected chi connectivity index (χ3v) is 6.80. The van der Waals surface area contributed by atoms with E-state index in [0.717, 1.165) is 5.56 Å². The van der Waals surface area contributed by atoms with Gasteiger partial charge in [0.25, 0.3) is 0 Å². The average Bonchev–Trinajstić information content (AvgIpc) is 2.47. The van der Waals surface area contributed by atoms with Crippen molar-refractivity contribution < 1.29 is 17.9 Å². The van der Waals surface area contributed by atoms with Crippen molar-refractivity contribution in [2.24, 2.45) is 0 Å². The third kappa shape index (κ3) is 2.70. The molecule has 1 saturated heterocycles. The van der Waals surface area contributed by atoms with E-state index in [1.54, 1.807) is 25.3 Å². The van der Waals surface area contributed by atoms with Crippen LogP contribution >= 0.6 is 0 Å². The second-order valence-corrected chi connectivity index (χ2v) is 8.27. The van der Waals surface area contributed by atoms with Crippen LogP contribution in [0.2, 0.25) is 0 Å². The number of nitrogens with zero attached hydrogens (tertiary/aromatic N) is 1. The number of methoxy groups -OCH3 is 1. The van der Waals surface area contributed by atoms with Gasteiger partial charge < -0.3 is 10.1 Å². The smallest absolute Gasteiger partial charge is 0.246 e. The van der Waals surface area contributed by atoms with Crippen molar-refractivity contribution in [3.63, 3.8) is 0 Å². The van der Waals surface area contributed by atoms with Crippen LogP contribution in [-0.4, -0.2) is 44.1 Å². The molecule has 1 aliphatic heterocycles. The van der Waals surface area contributed by atoms with E-state index in [0.29, 0.717) is 30.8 Å². The molecule has 1 atom stereocenters. The fourth-order valence-corrected chi connectivity index (χ4v) is 4.37. The zero-order chi connectivity index (χ0) is 16.5. The van der Waals surface area contributed by atoms with Crippen molar-refractivity contribution in [3.8, 4) is 5.75 Å². The van der Waals surface area contributed by atoms with Crippen LogP contribution in [-0.2, 0) is 14.8 Å². The van der Waals surface area contributed by atoms with Crippen molar-refractivity contribution in [1.29, 1.82) is 0 Å². The number of carbonyl (C=O) groups excluding carboxylic acids is 1. The van der Waals surface area contributed by atoms with Crippen LogP contribution in [0.1, 0.15) is 25.3 Å². The van der Waals surface area contributed by atoms with Gasteiger partial charge in [-0.25, -0.2) is 12.7 Å². The summed E-state index contributed by atoms with van der Waals surface area (Å²) in [6, 6.07) is 5.24. The zero-order valence-corrected chi connectivity index (χ0v) is 14.2. The Kier molecular flexibility index (Phi) is 4.49. The molecular formula is C15H22N2O4S. The fourth-order valence-electron chi connectivity index (χ4n) is 2.62. The zero-order valence-electron chi connectivity index (χ0n) is 13.3. The molecule has 0 bridgehead atoms. The Morgan fingerprint density at radius 3 is 2.68 bits per heavy atom. The summed E-state index contributed by atoms with van der Waals surface area (Å²) in [6.07, 6.45) is 0.988. The second-order valence-electron chi connectivity index (χ2n) is 5.80. The number of hydrogen-bond acceptors (Lipinski definition) is 4. The number of ether oxygens (including phenoxy) is 1. The molecule has 1 amide bonds.